The first-order valence-corrected chi connectivity index (χ1v) is 10.5. The Labute approximate surface area is 173 Å². The van der Waals surface area contributed by atoms with Gasteiger partial charge in [-0.2, -0.15) is 0 Å². The van der Waals surface area contributed by atoms with Gasteiger partial charge in [0.2, 0.25) is 0 Å². The predicted molar refractivity (Wildman–Crippen MR) is 123 cm³/mol. The summed E-state index contributed by atoms with van der Waals surface area (Å²) in [5.41, 5.74) is 4.13. The topological polar surface area (TPSA) is 54.1 Å². The van der Waals surface area contributed by atoms with Crippen molar-refractivity contribution < 1.29 is 4.74 Å². The summed E-state index contributed by atoms with van der Waals surface area (Å²) in [5.74, 6) is 1.20. The summed E-state index contributed by atoms with van der Waals surface area (Å²) >= 11 is 1.46. The second-order valence-electron chi connectivity index (χ2n) is 7.15. The van der Waals surface area contributed by atoms with Gasteiger partial charge in [0.25, 0.3) is 5.56 Å². The Balaban J connectivity index is 1.84. The van der Waals surface area contributed by atoms with Crippen LogP contribution in [-0.4, -0.2) is 25.2 Å². The monoisotopic (exact) mass is 404 g/mol. The molecule has 0 radical (unpaired) electrons. The number of hydrogen-bond acceptors (Lipinski definition) is 4. The highest BCUT2D eigenvalue weighted by molar-refractivity contribution is 7.17. The highest BCUT2D eigenvalue weighted by atomic mass is 32.1. The lowest BCUT2D eigenvalue weighted by Crippen LogP contribution is -2.19. The molecule has 0 aliphatic heterocycles. The Morgan fingerprint density at radius 3 is 2.72 bits per heavy atom. The van der Waals surface area contributed by atoms with Gasteiger partial charge in [0.05, 0.1) is 7.11 Å². The quantitative estimate of drug-likeness (QED) is 0.325. The average molecular weight is 405 g/mol. The summed E-state index contributed by atoms with van der Waals surface area (Å²) in [6.07, 6.45) is 1.87. The van der Waals surface area contributed by atoms with Crippen molar-refractivity contribution in [1.29, 1.82) is 0 Å². The molecule has 0 bridgehead atoms. The van der Waals surface area contributed by atoms with Crippen LogP contribution in [0.1, 0.15) is 18.4 Å². The van der Waals surface area contributed by atoms with Crippen LogP contribution in [0.4, 0.5) is 0 Å². The van der Waals surface area contributed by atoms with E-state index in [4.69, 9.17) is 4.74 Å². The Morgan fingerprint density at radius 1 is 1.21 bits per heavy atom. The van der Waals surface area contributed by atoms with Crippen LogP contribution in [-0.2, 0) is 0 Å². The molecule has 4 rings (SSSR count). The van der Waals surface area contributed by atoms with Gasteiger partial charge in [0, 0.05) is 34.9 Å². The Kier molecular flexibility index (Phi) is 5.51. The first kappa shape index (κ1) is 19.4. The zero-order valence-electron chi connectivity index (χ0n) is 16.6. The van der Waals surface area contributed by atoms with E-state index in [1.807, 2.05) is 29.7 Å². The van der Waals surface area contributed by atoms with E-state index >= 15 is 0 Å². The molecular weight excluding hydrogens is 380 g/mol. The summed E-state index contributed by atoms with van der Waals surface area (Å²) in [6, 6.07) is 14.5. The molecule has 0 spiro atoms. The summed E-state index contributed by atoms with van der Waals surface area (Å²) in [6.45, 7) is 7.67. The highest BCUT2D eigenvalue weighted by Crippen LogP contribution is 2.40. The van der Waals surface area contributed by atoms with Gasteiger partial charge >= 0.3 is 0 Å². The molecule has 0 amide bonds. The molecule has 4 nitrogen and oxygen atoms in total. The van der Waals surface area contributed by atoms with Crippen LogP contribution in [0.25, 0.3) is 32.1 Å². The molecule has 0 saturated carbocycles. The Bertz CT molecular complexity index is 1220. The maximum atomic E-state index is 12.4. The fourth-order valence-corrected chi connectivity index (χ4v) is 4.58. The van der Waals surface area contributed by atoms with Gasteiger partial charge in [0.1, 0.15) is 10.4 Å². The van der Waals surface area contributed by atoms with Gasteiger partial charge in [-0.25, -0.2) is 0 Å². The molecule has 2 aromatic heterocycles. The van der Waals surface area contributed by atoms with Gasteiger partial charge < -0.3 is 15.0 Å². The van der Waals surface area contributed by atoms with E-state index in [9.17, 15) is 4.79 Å². The predicted octanol–water partition coefficient (Wildman–Crippen LogP) is 5.30. The van der Waals surface area contributed by atoms with Crippen molar-refractivity contribution in [3.8, 4) is 16.9 Å². The van der Waals surface area contributed by atoms with E-state index < -0.39 is 0 Å². The molecule has 1 atom stereocenters. The number of nitrogens with one attached hydrogen (secondary N) is 2. The number of benzene rings is 2. The second-order valence-corrected chi connectivity index (χ2v) is 8.07. The van der Waals surface area contributed by atoms with Gasteiger partial charge in [-0.1, -0.05) is 37.3 Å². The SMILES string of the molecule is C=CCNCC(C)c1ccc(-c2c(OC)ccc3[nH]c(=O)c4sccc4c23)cc1. The molecule has 2 heterocycles. The zero-order valence-corrected chi connectivity index (χ0v) is 17.4. The van der Waals surface area contributed by atoms with E-state index in [0.717, 1.165) is 51.0 Å². The molecule has 0 saturated heterocycles. The summed E-state index contributed by atoms with van der Waals surface area (Å²) in [4.78, 5) is 15.4. The fraction of sp³-hybridized carbons (Fsp3) is 0.208. The summed E-state index contributed by atoms with van der Waals surface area (Å²) in [7, 11) is 1.68. The fourth-order valence-electron chi connectivity index (χ4n) is 3.78. The number of fused-ring (bicyclic) bond motifs is 3. The molecule has 1 unspecified atom stereocenters. The average Bonchev–Trinajstić information content (AvgIpc) is 3.24. The van der Waals surface area contributed by atoms with Gasteiger partial charge in [-0.3, -0.25) is 4.79 Å². The first-order chi connectivity index (χ1) is 14.1. The van der Waals surface area contributed by atoms with Gasteiger partial charge in [-0.15, -0.1) is 17.9 Å². The number of rotatable bonds is 7. The zero-order chi connectivity index (χ0) is 20.4. The second kappa shape index (κ2) is 8.23. The van der Waals surface area contributed by atoms with Crippen molar-refractivity contribution in [2.45, 2.75) is 12.8 Å². The molecule has 0 aliphatic rings. The number of hydrogen-bond donors (Lipinski definition) is 2. The third-order valence-corrected chi connectivity index (χ3v) is 6.20. The van der Waals surface area contributed by atoms with Gasteiger partial charge in [0.15, 0.2) is 0 Å². The molecule has 5 heteroatoms. The smallest absolute Gasteiger partial charge is 0.266 e. The Morgan fingerprint density at radius 2 is 2.00 bits per heavy atom. The molecule has 4 aromatic rings. The third-order valence-electron chi connectivity index (χ3n) is 5.28. The van der Waals surface area contributed by atoms with Crippen molar-refractivity contribution in [2.24, 2.45) is 0 Å². The van der Waals surface area contributed by atoms with E-state index in [2.05, 4.69) is 48.1 Å². The standard InChI is InChI=1S/C24H24N2O2S/c1-4-12-25-14-15(2)16-5-7-17(8-6-16)21-20(28-3)10-9-19-22(21)18-11-13-29-23(18)24(27)26-19/h4-11,13,15,25H,1,12,14H2,2-3H3,(H,26,27). The maximum Gasteiger partial charge on any atom is 0.266 e. The maximum absolute atomic E-state index is 12.4. The molecule has 29 heavy (non-hydrogen) atoms. The van der Waals surface area contributed by atoms with E-state index in [1.54, 1.807) is 7.11 Å². The lowest BCUT2D eigenvalue weighted by Gasteiger charge is -2.16. The molecular formula is C24H24N2O2S. The van der Waals surface area contributed by atoms with Gasteiger partial charge in [-0.05, 0) is 40.6 Å². The largest absolute Gasteiger partial charge is 0.496 e. The van der Waals surface area contributed by atoms with Crippen LogP contribution >= 0.6 is 11.3 Å². The van der Waals surface area contributed by atoms with Crippen molar-refractivity contribution in [3.05, 3.63) is 76.4 Å². The lowest BCUT2D eigenvalue weighted by atomic mass is 9.94. The normalized spacial score (nSPS) is 12.3. The van der Waals surface area contributed by atoms with Crippen LogP contribution in [0, 0.1) is 0 Å². The van der Waals surface area contributed by atoms with Crippen LogP contribution in [0.2, 0.25) is 0 Å². The van der Waals surface area contributed by atoms with Crippen LogP contribution in [0.3, 0.4) is 0 Å². The lowest BCUT2D eigenvalue weighted by molar-refractivity contribution is 0.417. The Hall–Kier alpha value is -2.89. The van der Waals surface area contributed by atoms with Crippen LogP contribution < -0.4 is 15.6 Å². The summed E-state index contributed by atoms with van der Waals surface area (Å²) < 4.78 is 6.44. The van der Waals surface area contributed by atoms with Crippen LogP contribution in [0.5, 0.6) is 5.75 Å². The van der Waals surface area contributed by atoms with E-state index in [0.29, 0.717) is 5.92 Å². The number of ether oxygens (including phenoxy) is 1. The van der Waals surface area contributed by atoms with E-state index in [1.165, 1.54) is 16.9 Å². The minimum absolute atomic E-state index is 0.0465. The molecule has 2 aromatic carbocycles. The first-order valence-electron chi connectivity index (χ1n) is 9.66. The number of aromatic amines is 1. The molecule has 0 aliphatic carbocycles. The highest BCUT2D eigenvalue weighted by Gasteiger charge is 2.16. The molecule has 0 fully saturated rings. The van der Waals surface area contributed by atoms with Crippen molar-refractivity contribution in [2.75, 3.05) is 20.2 Å². The van der Waals surface area contributed by atoms with Crippen molar-refractivity contribution in [1.82, 2.24) is 10.3 Å². The van der Waals surface area contributed by atoms with Crippen molar-refractivity contribution in [3.63, 3.8) is 0 Å². The van der Waals surface area contributed by atoms with E-state index in [-0.39, 0.29) is 5.56 Å². The van der Waals surface area contributed by atoms with Crippen LogP contribution in [0.15, 0.2) is 65.3 Å². The number of thiophene rings is 1. The van der Waals surface area contributed by atoms with Crippen molar-refractivity contribution >= 4 is 32.3 Å². The third kappa shape index (κ3) is 3.59. The summed E-state index contributed by atoms with van der Waals surface area (Å²) in [5, 5.41) is 7.32. The molecule has 148 valence electrons. The minimum atomic E-state index is -0.0465. The number of methoxy groups -OCH3 is 1. The molecule has 2 N–H and O–H groups in total. The number of H-pyrrole nitrogens is 1. The number of pyridine rings is 1. The minimum Gasteiger partial charge on any atom is -0.496 e. The number of aromatic nitrogens is 1.